The van der Waals surface area contributed by atoms with E-state index in [2.05, 4.69) is 49.3 Å². The summed E-state index contributed by atoms with van der Waals surface area (Å²) in [5.41, 5.74) is 1.17. The summed E-state index contributed by atoms with van der Waals surface area (Å²) in [6, 6.07) is 14.8. The van der Waals surface area contributed by atoms with E-state index in [1.54, 1.807) is 42.5 Å². The van der Waals surface area contributed by atoms with E-state index in [1.807, 2.05) is 4.90 Å². The molecule has 2 heterocycles. The third-order valence-corrected chi connectivity index (χ3v) is 10.1. The molecule has 2 aliphatic heterocycles. The van der Waals surface area contributed by atoms with E-state index < -0.39 is 0 Å². The van der Waals surface area contributed by atoms with Gasteiger partial charge in [0.25, 0.3) is 11.8 Å². The fourth-order valence-corrected chi connectivity index (χ4v) is 7.73. The zero-order chi connectivity index (χ0) is 30.1. The average Bonchev–Trinajstić information content (AvgIpc) is 3.00. The van der Waals surface area contributed by atoms with Crippen LogP contribution in [0.15, 0.2) is 42.5 Å². The highest BCUT2D eigenvalue weighted by molar-refractivity contribution is 6.31. The second-order valence-electron chi connectivity index (χ2n) is 13.0. The van der Waals surface area contributed by atoms with E-state index in [4.69, 9.17) is 21.6 Å². The number of carbonyl (C=O) groups excluding carboxylic acids is 2. The molecule has 1 saturated carbocycles. The molecule has 0 aromatic heterocycles. The summed E-state index contributed by atoms with van der Waals surface area (Å²) in [4.78, 5) is 30.7. The molecule has 224 valence electrons. The zero-order valence-corrected chi connectivity index (χ0v) is 25.8. The Morgan fingerprint density at radius 1 is 1.00 bits per heavy atom. The molecule has 8 nitrogen and oxygen atoms in total. The minimum atomic E-state index is -0.203. The van der Waals surface area contributed by atoms with Crippen LogP contribution in [0, 0.1) is 28.1 Å². The normalized spacial score (nSPS) is 23.9. The number of hydrogen-bond donors (Lipinski definition) is 2. The van der Waals surface area contributed by atoms with Crippen LogP contribution in [-0.2, 0) is 0 Å². The smallest absolute Gasteiger partial charge is 0.253 e. The van der Waals surface area contributed by atoms with Gasteiger partial charge in [-0.3, -0.25) is 14.5 Å². The first-order chi connectivity index (χ1) is 20.0. The molecule has 2 aromatic rings. The first-order valence-corrected chi connectivity index (χ1v) is 15.4. The number of ether oxygens (including phenoxy) is 1. The van der Waals surface area contributed by atoms with Gasteiger partial charge >= 0.3 is 0 Å². The highest BCUT2D eigenvalue weighted by Crippen LogP contribution is 2.60. The Morgan fingerprint density at radius 2 is 1.62 bits per heavy atom. The van der Waals surface area contributed by atoms with Gasteiger partial charge in [-0.25, -0.2) is 0 Å². The first-order valence-electron chi connectivity index (χ1n) is 15.0. The van der Waals surface area contributed by atoms with Crippen LogP contribution < -0.4 is 15.4 Å². The van der Waals surface area contributed by atoms with Crippen molar-refractivity contribution in [1.82, 2.24) is 20.4 Å². The molecule has 0 unspecified atom stereocenters. The molecule has 5 rings (SSSR count). The van der Waals surface area contributed by atoms with Crippen molar-refractivity contribution in [3.8, 4) is 11.8 Å². The largest absolute Gasteiger partial charge is 0.489 e. The minimum Gasteiger partial charge on any atom is -0.489 e. The number of piperidine rings is 1. The van der Waals surface area contributed by atoms with Gasteiger partial charge in [0, 0.05) is 66.8 Å². The molecule has 2 aromatic carbocycles. The molecule has 3 aliphatic rings. The van der Waals surface area contributed by atoms with Crippen LogP contribution >= 0.6 is 11.6 Å². The summed E-state index contributed by atoms with van der Waals surface area (Å²) in [5.74, 6) is 0.682. The SMILES string of the molecule is CC1(C)C(CNC(=O)c2ccc(C(=O)N3CCN(C4CCNCC4)CC3)cc2)C(C)(C)C1Oc1ccc(C#N)c(Cl)c1. The molecular formula is C33H42ClN5O3. The van der Waals surface area contributed by atoms with E-state index >= 15 is 0 Å². The Kier molecular flexibility index (Phi) is 8.84. The van der Waals surface area contributed by atoms with Gasteiger partial charge in [0.2, 0.25) is 0 Å². The molecule has 1 aliphatic carbocycles. The molecule has 0 spiro atoms. The highest BCUT2D eigenvalue weighted by atomic mass is 35.5. The van der Waals surface area contributed by atoms with Crippen LogP contribution in [0.2, 0.25) is 5.02 Å². The lowest BCUT2D eigenvalue weighted by atomic mass is 9.45. The molecule has 0 atom stereocenters. The third-order valence-electron chi connectivity index (χ3n) is 9.75. The maximum Gasteiger partial charge on any atom is 0.253 e. The van der Waals surface area contributed by atoms with Crippen molar-refractivity contribution in [3.05, 3.63) is 64.2 Å². The Morgan fingerprint density at radius 3 is 2.21 bits per heavy atom. The van der Waals surface area contributed by atoms with Gasteiger partial charge < -0.3 is 20.3 Å². The van der Waals surface area contributed by atoms with Crippen molar-refractivity contribution in [2.24, 2.45) is 16.7 Å². The van der Waals surface area contributed by atoms with Crippen molar-refractivity contribution >= 4 is 23.4 Å². The number of nitriles is 1. The summed E-state index contributed by atoms with van der Waals surface area (Å²) in [5, 5.41) is 16.0. The number of benzene rings is 2. The number of nitrogens with zero attached hydrogens (tertiary/aromatic N) is 3. The average molecular weight is 592 g/mol. The Hall–Kier alpha value is -3.12. The number of nitrogens with one attached hydrogen (secondary N) is 2. The summed E-state index contributed by atoms with van der Waals surface area (Å²) in [6.45, 7) is 14.6. The van der Waals surface area contributed by atoms with E-state index in [-0.39, 0.29) is 34.7 Å². The molecule has 0 bridgehead atoms. The molecule has 3 fully saturated rings. The maximum atomic E-state index is 13.1. The van der Waals surface area contributed by atoms with E-state index in [1.165, 1.54) is 12.8 Å². The topological polar surface area (TPSA) is 97.7 Å². The second-order valence-corrected chi connectivity index (χ2v) is 13.5. The van der Waals surface area contributed by atoms with E-state index in [0.717, 1.165) is 39.3 Å². The number of hydrogen-bond acceptors (Lipinski definition) is 6. The van der Waals surface area contributed by atoms with Crippen LogP contribution in [0.4, 0.5) is 0 Å². The molecular weight excluding hydrogens is 550 g/mol. The number of piperazine rings is 1. The lowest BCUT2D eigenvalue weighted by molar-refractivity contribution is -0.195. The van der Waals surface area contributed by atoms with E-state index in [0.29, 0.717) is 40.0 Å². The van der Waals surface area contributed by atoms with E-state index in [9.17, 15) is 9.59 Å². The number of carbonyl (C=O) groups is 2. The second kappa shape index (κ2) is 12.2. The summed E-state index contributed by atoms with van der Waals surface area (Å²) < 4.78 is 6.36. The Bertz CT molecular complexity index is 1320. The van der Waals surface area contributed by atoms with Gasteiger partial charge in [-0.15, -0.1) is 0 Å². The van der Waals surface area contributed by atoms with Gasteiger partial charge in [-0.05, 0) is 68.2 Å². The lowest BCUT2D eigenvalue weighted by Crippen LogP contribution is -2.68. The molecule has 9 heteroatoms. The van der Waals surface area contributed by atoms with Crippen molar-refractivity contribution in [2.45, 2.75) is 52.7 Å². The number of halogens is 1. The third kappa shape index (κ3) is 6.01. The standard InChI is InChI=1S/C33H42ClN5O3/c1-32(2)28(33(3,4)31(32)42-26-10-9-24(20-35)27(34)19-26)21-37-29(40)22-5-7-23(8-6-22)30(41)39-17-15-38(16-18-39)25-11-13-36-14-12-25/h5-10,19,25,28,31,36H,11-18,21H2,1-4H3,(H,37,40). The molecule has 2 N–H and O–H groups in total. The zero-order valence-electron chi connectivity index (χ0n) is 25.1. The summed E-state index contributed by atoms with van der Waals surface area (Å²) >= 11 is 6.21. The van der Waals surface area contributed by atoms with Gasteiger partial charge in [-0.2, -0.15) is 5.26 Å². The van der Waals surface area contributed by atoms with Gasteiger partial charge in [0.15, 0.2) is 0 Å². The Labute approximate surface area is 254 Å². The quantitative estimate of drug-likeness (QED) is 0.489. The predicted molar refractivity (Wildman–Crippen MR) is 164 cm³/mol. The van der Waals surface area contributed by atoms with Gasteiger partial charge in [0.05, 0.1) is 10.6 Å². The van der Waals surface area contributed by atoms with Crippen molar-refractivity contribution in [2.75, 3.05) is 45.8 Å². The molecule has 0 radical (unpaired) electrons. The van der Waals surface area contributed by atoms with Gasteiger partial charge in [-0.1, -0.05) is 39.3 Å². The molecule has 42 heavy (non-hydrogen) atoms. The lowest BCUT2D eigenvalue weighted by Gasteiger charge is -2.63. The maximum absolute atomic E-state index is 13.1. The monoisotopic (exact) mass is 591 g/mol. The fourth-order valence-electron chi connectivity index (χ4n) is 7.52. The highest BCUT2D eigenvalue weighted by Gasteiger charge is 2.63. The van der Waals surface area contributed by atoms with Crippen LogP contribution in [0.3, 0.4) is 0 Å². The van der Waals surface area contributed by atoms with Crippen molar-refractivity contribution in [3.63, 3.8) is 0 Å². The first kappa shape index (κ1) is 30.3. The number of amides is 2. The fraction of sp³-hybridized carbons (Fsp3) is 0.545. The molecule has 2 saturated heterocycles. The summed E-state index contributed by atoms with van der Waals surface area (Å²) in [6.07, 6.45) is 2.26. The summed E-state index contributed by atoms with van der Waals surface area (Å²) in [7, 11) is 0. The van der Waals surface area contributed by atoms with Crippen molar-refractivity contribution < 1.29 is 14.3 Å². The van der Waals surface area contributed by atoms with Crippen LogP contribution in [0.5, 0.6) is 5.75 Å². The predicted octanol–water partition coefficient (Wildman–Crippen LogP) is 4.58. The minimum absolute atomic E-state index is 0.0273. The van der Waals surface area contributed by atoms with Crippen LogP contribution in [0.25, 0.3) is 0 Å². The van der Waals surface area contributed by atoms with Gasteiger partial charge in [0.1, 0.15) is 17.9 Å². The molecule has 2 amide bonds. The number of rotatable bonds is 7. The van der Waals surface area contributed by atoms with Crippen molar-refractivity contribution in [1.29, 1.82) is 5.26 Å². The Balaban J connectivity index is 1.13. The van der Waals surface area contributed by atoms with Crippen LogP contribution in [-0.4, -0.2) is 79.6 Å². The van der Waals surface area contributed by atoms with Crippen LogP contribution in [0.1, 0.15) is 66.8 Å².